The van der Waals surface area contributed by atoms with Crippen LogP contribution in [0, 0.1) is 5.92 Å². The summed E-state index contributed by atoms with van der Waals surface area (Å²) < 4.78 is 51.4. The van der Waals surface area contributed by atoms with Gasteiger partial charge in [0, 0.05) is 44.0 Å². The van der Waals surface area contributed by atoms with Crippen LogP contribution in [0.2, 0.25) is 0 Å². The highest BCUT2D eigenvalue weighted by molar-refractivity contribution is 6.10. The maximum absolute atomic E-state index is 14.3. The van der Waals surface area contributed by atoms with E-state index in [1.807, 2.05) is 20.8 Å². The number of benzene rings is 2. The molecule has 1 saturated heterocycles. The molecule has 1 aliphatic heterocycles. The van der Waals surface area contributed by atoms with Crippen LogP contribution in [0.1, 0.15) is 48.8 Å². The van der Waals surface area contributed by atoms with Gasteiger partial charge < -0.3 is 29.7 Å². The van der Waals surface area contributed by atoms with Crippen molar-refractivity contribution in [3.8, 4) is 11.1 Å². The zero-order valence-corrected chi connectivity index (χ0v) is 26.0. The summed E-state index contributed by atoms with van der Waals surface area (Å²) in [6, 6.07) is 14.2. The van der Waals surface area contributed by atoms with Gasteiger partial charge in [-0.25, -0.2) is 9.78 Å². The quantitative estimate of drug-likeness (QED) is 0.160. The largest absolute Gasteiger partial charge is 0.444 e. The summed E-state index contributed by atoms with van der Waals surface area (Å²) in [5.74, 6) is -0.122. The predicted molar refractivity (Wildman–Crippen MR) is 171 cm³/mol. The molecule has 0 spiro atoms. The topological polar surface area (TPSA) is 107 Å². The molecule has 5 aromatic rings. The molecule has 9 nitrogen and oxygen atoms in total. The maximum atomic E-state index is 14.3. The monoisotopic (exact) mass is 632 g/mol. The fourth-order valence-electron chi connectivity index (χ4n) is 6.05. The van der Waals surface area contributed by atoms with E-state index in [1.54, 1.807) is 64.7 Å². The molecule has 0 aliphatic carbocycles. The number of anilines is 2. The lowest BCUT2D eigenvalue weighted by Gasteiger charge is -2.22. The third-order valence-corrected chi connectivity index (χ3v) is 8.24. The molecular formula is C34H35F3N6O3. The van der Waals surface area contributed by atoms with Gasteiger partial charge in [0.25, 0.3) is 0 Å². The zero-order valence-electron chi connectivity index (χ0n) is 26.0. The zero-order chi connectivity index (χ0) is 33.0. The number of hydrogen-bond acceptors (Lipinski definition) is 6. The summed E-state index contributed by atoms with van der Waals surface area (Å²) in [4.78, 5) is 32.3. The van der Waals surface area contributed by atoms with Crippen molar-refractivity contribution in [2.24, 2.45) is 13.0 Å². The lowest BCUT2D eigenvalue weighted by molar-refractivity contribution is -0.137. The van der Waals surface area contributed by atoms with Gasteiger partial charge in [0.1, 0.15) is 5.60 Å². The minimum atomic E-state index is -4.60. The third kappa shape index (κ3) is 5.99. The number of halogens is 3. The SMILES string of the molecule is Cn1cnc2cc(-c3cccn4c(C(=O)c5ccc(N)c(N6CCC(CNC(=O)OC(C)(C)C)C6)c5)ccc34)c(C(F)(F)F)cc21. The number of imidazole rings is 1. The second-order valence-corrected chi connectivity index (χ2v) is 12.7. The molecule has 1 amide bonds. The minimum absolute atomic E-state index is 0.0130. The van der Waals surface area contributed by atoms with Crippen molar-refractivity contribution in [3.63, 3.8) is 0 Å². The number of ether oxygens (including phenoxy) is 1. The molecule has 3 aromatic heterocycles. The van der Waals surface area contributed by atoms with Crippen molar-refractivity contribution in [2.45, 2.75) is 39.0 Å². The molecule has 0 radical (unpaired) electrons. The second kappa shape index (κ2) is 11.4. The number of alkyl halides is 3. The van der Waals surface area contributed by atoms with Gasteiger partial charge in [-0.3, -0.25) is 4.79 Å². The van der Waals surface area contributed by atoms with Crippen molar-refractivity contribution in [1.29, 1.82) is 0 Å². The van der Waals surface area contributed by atoms with E-state index in [0.717, 1.165) is 12.5 Å². The first-order valence-corrected chi connectivity index (χ1v) is 15.0. The van der Waals surface area contributed by atoms with Crippen LogP contribution in [0.15, 0.2) is 67.1 Å². The number of carbonyl (C=O) groups excluding carboxylic acids is 2. The van der Waals surface area contributed by atoms with Gasteiger partial charge in [-0.2, -0.15) is 13.2 Å². The summed E-state index contributed by atoms with van der Waals surface area (Å²) in [6.07, 6.45) is -1.10. The first kappa shape index (κ1) is 31.0. The summed E-state index contributed by atoms with van der Waals surface area (Å²) in [7, 11) is 1.65. The maximum Gasteiger partial charge on any atom is 0.417 e. The van der Waals surface area contributed by atoms with Crippen LogP contribution in [-0.4, -0.2) is 51.1 Å². The molecule has 2 aromatic carbocycles. The van der Waals surface area contributed by atoms with Crippen LogP contribution < -0.4 is 16.0 Å². The molecular weight excluding hydrogens is 597 g/mol. The number of nitrogens with two attached hydrogens (primary N) is 1. The molecule has 3 N–H and O–H groups in total. The number of alkyl carbamates (subject to hydrolysis) is 1. The first-order chi connectivity index (χ1) is 21.7. The highest BCUT2D eigenvalue weighted by atomic mass is 19.4. The number of nitrogens with one attached hydrogen (secondary N) is 1. The Labute approximate surface area is 263 Å². The minimum Gasteiger partial charge on any atom is -0.444 e. The van der Waals surface area contributed by atoms with Crippen molar-refractivity contribution >= 4 is 39.8 Å². The number of ketones is 1. The van der Waals surface area contributed by atoms with Gasteiger partial charge in [-0.05, 0) is 87.2 Å². The summed E-state index contributed by atoms with van der Waals surface area (Å²) in [5, 5.41) is 2.83. The van der Waals surface area contributed by atoms with E-state index in [2.05, 4.69) is 15.2 Å². The van der Waals surface area contributed by atoms with Crippen LogP contribution in [0.25, 0.3) is 27.7 Å². The fourth-order valence-corrected chi connectivity index (χ4v) is 6.05. The van der Waals surface area contributed by atoms with E-state index >= 15 is 0 Å². The normalized spacial score (nSPS) is 15.5. The molecule has 0 bridgehead atoms. The van der Waals surface area contributed by atoms with Crippen LogP contribution in [-0.2, 0) is 18.0 Å². The first-order valence-electron chi connectivity index (χ1n) is 15.0. The average Bonchev–Trinajstić information content (AvgIpc) is 3.73. The van der Waals surface area contributed by atoms with Crippen LogP contribution in [0.5, 0.6) is 0 Å². The summed E-state index contributed by atoms with van der Waals surface area (Å²) in [6.45, 7) is 7.21. The van der Waals surface area contributed by atoms with E-state index in [9.17, 15) is 22.8 Å². The molecule has 12 heteroatoms. The van der Waals surface area contributed by atoms with E-state index < -0.39 is 23.4 Å². The molecule has 4 heterocycles. The Hall–Kier alpha value is -5.00. The lowest BCUT2D eigenvalue weighted by Crippen LogP contribution is -2.36. The highest BCUT2D eigenvalue weighted by Crippen LogP contribution is 2.41. The standard InChI is InChI=1S/C34H35F3N6O3/c1-33(2,3)46-32(45)39-17-20-11-13-42(18-20)29-14-21(7-8-25(29)38)31(44)28-10-9-27-22(6-5-12-43(27)28)23-15-26-30(41(4)19-40-26)16-24(23)34(35,36)37/h5-10,12,14-16,19-20H,11,13,17-18,38H2,1-4H3,(H,39,45). The highest BCUT2D eigenvalue weighted by Gasteiger charge is 2.35. The number of carbonyl (C=O) groups is 2. The van der Waals surface area contributed by atoms with Crippen molar-refractivity contribution in [2.75, 3.05) is 30.3 Å². The molecule has 240 valence electrons. The van der Waals surface area contributed by atoms with Gasteiger partial charge >= 0.3 is 12.3 Å². The van der Waals surface area contributed by atoms with Gasteiger partial charge in [-0.1, -0.05) is 6.07 Å². The van der Waals surface area contributed by atoms with E-state index in [-0.39, 0.29) is 17.3 Å². The Morgan fingerprint density at radius 3 is 2.57 bits per heavy atom. The van der Waals surface area contributed by atoms with E-state index in [4.69, 9.17) is 10.5 Å². The van der Waals surface area contributed by atoms with Gasteiger partial charge in [0.2, 0.25) is 5.78 Å². The number of pyridine rings is 1. The second-order valence-electron chi connectivity index (χ2n) is 12.7. The number of rotatable bonds is 6. The molecule has 1 aliphatic rings. The Morgan fingerprint density at radius 1 is 1.04 bits per heavy atom. The number of fused-ring (bicyclic) bond motifs is 2. The Balaban J connectivity index is 1.28. The van der Waals surface area contributed by atoms with Crippen molar-refractivity contribution in [3.05, 3.63) is 83.9 Å². The Kier molecular flexibility index (Phi) is 7.69. The van der Waals surface area contributed by atoms with Gasteiger partial charge in [0.05, 0.1) is 45.5 Å². The third-order valence-electron chi connectivity index (χ3n) is 8.24. The number of nitrogen functional groups attached to an aromatic ring is 1. The lowest BCUT2D eigenvalue weighted by atomic mass is 9.98. The summed E-state index contributed by atoms with van der Waals surface area (Å²) in [5.41, 5.74) is 8.51. The van der Waals surface area contributed by atoms with Gasteiger partial charge in [-0.15, -0.1) is 0 Å². The number of aryl methyl sites for hydroxylation is 1. The van der Waals surface area contributed by atoms with Crippen LogP contribution >= 0.6 is 0 Å². The molecule has 6 rings (SSSR count). The predicted octanol–water partition coefficient (Wildman–Crippen LogP) is 6.68. The fraction of sp³-hybridized carbons (Fsp3) is 0.324. The van der Waals surface area contributed by atoms with Crippen LogP contribution in [0.3, 0.4) is 0 Å². The molecule has 1 fully saturated rings. The molecule has 46 heavy (non-hydrogen) atoms. The van der Waals surface area contributed by atoms with Crippen LogP contribution in [0.4, 0.5) is 29.3 Å². The smallest absolute Gasteiger partial charge is 0.417 e. The summed E-state index contributed by atoms with van der Waals surface area (Å²) >= 11 is 0. The Morgan fingerprint density at radius 2 is 1.83 bits per heavy atom. The van der Waals surface area contributed by atoms with Crippen molar-refractivity contribution in [1.82, 2.24) is 19.3 Å². The molecule has 1 unspecified atom stereocenters. The Bertz CT molecular complexity index is 1970. The number of hydrogen-bond donors (Lipinski definition) is 2. The number of nitrogens with zero attached hydrogens (tertiary/aromatic N) is 4. The van der Waals surface area contributed by atoms with E-state index in [0.29, 0.717) is 64.4 Å². The van der Waals surface area contributed by atoms with E-state index in [1.165, 1.54) is 12.4 Å². The number of amides is 1. The van der Waals surface area contributed by atoms with Gasteiger partial charge in [0.15, 0.2) is 0 Å². The molecule has 0 saturated carbocycles. The van der Waals surface area contributed by atoms with Crippen molar-refractivity contribution < 1.29 is 27.5 Å². The molecule has 1 atom stereocenters. The average molecular weight is 633 g/mol. The number of aromatic nitrogens is 3.